The van der Waals surface area contributed by atoms with E-state index >= 15 is 0 Å². The molecule has 4 nitrogen and oxygen atoms in total. The zero-order valence-electron chi connectivity index (χ0n) is 12.4. The second-order valence-corrected chi connectivity index (χ2v) is 6.10. The summed E-state index contributed by atoms with van der Waals surface area (Å²) in [5, 5.41) is 14.5. The van der Waals surface area contributed by atoms with Crippen LogP contribution in [0.5, 0.6) is 0 Å². The molecule has 0 aromatic heterocycles. The van der Waals surface area contributed by atoms with Gasteiger partial charge in [0.25, 0.3) is 0 Å². The molecule has 1 aromatic carbocycles. The number of carbonyl (C=O) groups excluding carboxylic acids is 1. The van der Waals surface area contributed by atoms with Crippen molar-refractivity contribution in [1.29, 1.82) is 0 Å². The maximum absolute atomic E-state index is 13.4. The maximum atomic E-state index is 13.4. The molecule has 0 bridgehead atoms. The number of hydrogen-bond acceptors (Lipinski definition) is 3. The SMILES string of the molecule is CC(CO)C(C)NC(=O)NCCSCc1ccccc1F. The summed E-state index contributed by atoms with van der Waals surface area (Å²) in [6.07, 6.45) is 0. The van der Waals surface area contributed by atoms with Crippen molar-refractivity contribution in [3.05, 3.63) is 35.6 Å². The number of urea groups is 1. The van der Waals surface area contributed by atoms with Crippen LogP contribution < -0.4 is 10.6 Å². The molecule has 118 valence electrons. The molecule has 3 N–H and O–H groups in total. The highest BCUT2D eigenvalue weighted by molar-refractivity contribution is 7.98. The monoisotopic (exact) mass is 314 g/mol. The Balaban J connectivity index is 2.14. The predicted octanol–water partition coefficient (Wildman–Crippen LogP) is 2.38. The minimum Gasteiger partial charge on any atom is -0.396 e. The third-order valence-electron chi connectivity index (χ3n) is 3.25. The molecule has 2 amide bonds. The predicted molar refractivity (Wildman–Crippen MR) is 84.8 cm³/mol. The van der Waals surface area contributed by atoms with Gasteiger partial charge in [0.1, 0.15) is 5.82 Å². The lowest BCUT2D eigenvalue weighted by atomic mass is 10.1. The number of nitrogens with one attached hydrogen (secondary N) is 2. The standard InChI is InChI=1S/C15H23FN2O2S/c1-11(9-19)12(2)18-15(20)17-7-8-21-10-13-5-3-4-6-14(13)16/h3-6,11-12,19H,7-10H2,1-2H3,(H2,17,18,20). The van der Waals surface area contributed by atoms with E-state index in [1.165, 1.54) is 6.07 Å². The van der Waals surface area contributed by atoms with Crippen LogP contribution in [0.4, 0.5) is 9.18 Å². The largest absolute Gasteiger partial charge is 0.396 e. The van der Waals surface area contributed by atoms with Gasteiger partial charge in [0.05, 0.1) is 0 Å². The van der Waals surface area contributed by atoms with Crippen molar-refractivity contribution in [3.8, 4) is 0 Å². The molecule has 0 aliphatic rings. The fourth-order valence-corrected chi connectivity index (χ4v) is 2.44. The van der Waals surface area contributed by atoms with Gasteiger partial charge in [-0.3, -0.25) is 0 Å². The zero-order chi connectivity index (χ0) is 15.7. The van der Waals surface area contributed by atoms with Gasteiger partial charge >= 0.3 is 6.03 Å². The molecule has 0 aliphatic heterocycles. The Labute approximate surface area is 129 Å². The summed E-state index contributed by atoms with van der Waals surface area (Å²) in [6.45, 7) is 4.29. The average Bonchev–Trinajstić information content (AvgIpc) is 2.47. The summed E-state index contributed by atoms with van der Waals surface area (Å²) in [5.41, 5.74) is 0.678. The number of amides is 2. The van der Waals surface area contributed by atoms with Gasteiger partial charge in [0.2, 0.25) is 0 Å². The smallest absolute Gasteiger partial charge is 0.315 e. The molecule has 0 fully saturated rings. The lowest BCUT2D eigenvalue weighted by molar-refractivity contribution is 0.200. The van der Waals surface area contributed by atoms with Crippen molar-refractivity contribution in [2.24, 2.45) is 5.92 Å². The van der Waals surface area contributed by atoms with Crippen LogP contribution in [-0.2, 0) is 5.75 Å². The number of thioether (sulfide) groups is 1. The van der Waals surface area contributed by atoms with Crippen LogP contribution in [-0.4, -0.2) is 36.1 Å². The van der Waals surface area contributed by atoms with E-state index in [-0.39, 0.29) is 30.4 Å². The van der Waals surface area contributed by atoms with Crippen LogP contribution in [0.2, 0.25) is 0 Å². The fraction of sp³-hybridized carbons (Fsp3) is 0.533. The summed E-state index contributed by atoms with van der Waals surface area (Å²) < 4.78 is 13.4. The first-order chi connectivity index (χ1) is 10.0. The number of aliphatic hydroxyl groups excluding tert-OH is 1. The number of aliphatic hydroxyl groups is 1. The molecule has 0 saturated heterocycles. The molecule has 0 heterocycles. The molecule has 0 radical (unpaired) electrons. The number of carbonyl (C=O) groups is 1. The zero-order valence-corrected chi connectivity index (χ0v) is 13.3. The van der Waals surface area contributed by atoms with Crippen LogP contribution >= 0.6 is 11.8 Å². The summed E-state index contributed by atoms with van der Waals surface area (Å²) in [4.78, 5) is 11.6. The summed E-state index contributed by atoms with van der Waals surface area (Å²) in [6, 6.07) is 6.37. The fourth-order valence-electron chi connectivity index (χ4n) is 1.59. The summed E-state index contributed by atoms with van der Waals surface area (Å²) >= 11 is 1.57. The Morgan fingerprint density at radius 2 is 2.10 bits per heavy atom. The van der Waals surface area contributed by atoms with Crippen molar-refractivity contribution in [3.63, 3.8) is 0 Å². The molecule has 2 unspecified atom stereocenters. The van der Waals surface area contributed by atoms with Crippen molar-refractivity contribution >= 4 is 17.8 Å². The van der Waals surface area contributed by atoms with Gasteiger partial charge in [0, 0.05) is 30.7 Å². The molecule has 0 saturated carbocycles. The van der Waals surface area contributed by atoms with E-state index in [1.54, 1.807) is 23.9 Å². The Hall–Kier alpha value is -1.27. The van der Waals surface area contributed by atoms with Crippen molar-refractivity contribution in [2.75, 3.05) is 18.9 Å². The quantitative estimate of drug-likeness (QED) is 0.646. The second kappa shape index (κ2) is 9.63. The molecule has 1 rings (SSSR count). The molecule has 21 heavy (non-hydrogen) atoms. The molecular weight excluding hydrogens is 291 g/mol. The van der Waals surface area contributed by atoms with Crippen LogP contribution in [0.15, 0.2) is 24.3 Å². The van der Waals surface area contributed by atoms with Crippen LogP contribution in [0, 0.1) is 11.7 Å². The van der Waals surface area contributed by atoms with Crippen LogP contribution in [0.25, 0.3) is 0 Å². The first-order valence-electron chi connectivity index (χ1n) is 7.01. The van der Waals surface area contributed by atoms with E-state index in [9.17, 15) is 9.18 Å². The van der Waals surface area contributed by atoms with Crippen molar-refractivity contribution in [1.82, 2.24) is 10.6 Å². The Kier molecular flexibility index (Phi) is 8.15. The summed E-state index contributed by atoms with van der Waals surface area (Å²) in [5.74, 6) is 1.13. The number of rotatable bonds is 8. The van der Waals surface area contributed by atoms with Gasteiger partial charge in [-0.1, -0.05) is 25.1 Å². The van der Waals surface area contributed by atoms with Gasteiger partial charge in [-0.15, -0.1) is 0 Å². The van der Waals surface area contributed by atoms with Gasteiger partial charge in [-0.05, 0) is 24.5 Å². The topological polar surface area (TPSA) is 61.4 Å². The van der Waals surface area contributed by atoms with E-state index in [2.05, 4.69) is 10.6 Å². The van der Waals surface area contributed by atoms with E-state index < -0.39 is 0 Å². The van der Waals surface area contributed by atoms with Gasteiger partial charge in [-0.2, -0.15) is 11.8 Å². The first kappa shape index (κ1) is 17.8. The highest BCUT2D eigenvalue weighted by Crippen LogP contribution is 2.14. The van der Waals surface area contributed by atoms with E-state index in [0.717, 1.165) is 0 Å². The van der Waals surface area contributed by atoms with Crippen molar-refractivity contribution < 1.29 is 14.3 Å². The summed E-state index contributed by atoms with van der Waals surface area (Å²) in [7, 11) is 0. The van der Waals surface area contributed by atoms with E-state index in [0.29, 0.717) is 23.6 Å². The Morgan fingerprint density at radius 1 is 1.38 bits per heavy atom. The lowest BCUT2D eigenvalue weighted by Crippen LogP contribution is -2.44. The van der Waals surface area contributed by atoms with E-state index in [4.69, 9.17) is 5.11 Å². The average molecular weight is 314 g/mol. The highest BCUT2D eigenvalue weighted by Gasteiger charge is 2.13. The van der Waals surface area contributed by atoms with E-state index in [1.807, 2.05) is 19.9 Å². The van der Waals surface area contributed by atoms with Gasteiger partial charge < -0.3 is 15.7 Å². The Morgan fingerprint density at radius 3 is 2.76 bits per heavy atom. The maximum Gasteiger partial charge on any atom is 0.315 e. The second-order valence-electron chi connectivity index (χ2n) is 4.99. The van der Waals surface area contributed by atoms with Crippen LogP contribution in [0.1, 0.15) is 19.4 Å². The normalized spacial score (nSPS) is 13.5. The van der Waals surface area contributed by atoms with Gasteiger partial charge in [0.15, 0.2) is 0 Å². The minimum absolute atomic E-state index is 0.0196. The minimum atomic E-state index is -0.241. The van der Waals surface area contributed by atoms with Crippen molar-refractivity contribution in [2.45, 2.75) is 25.6 Å². The molecule has 0 spiro atoms. The third kappa shape index (κ3) is 6.82. The highest BCUT2D eigenvalue weighted by atomic mass is 32.2. The third-order valence-corrected chi connectivity index (χ3v) is 4.26. The molecular formula is C15H23FN2O2S. The molecule has 6 heteroatoms. The molecule has 2 atom stereocenters. The number of hydrogen-bond donors (Lipinski definition) is 3. The molecule has 0 aliphatic carbocycles. The Bertz CT molecular complexity index is 445. The lowest BCUT2D eigenvalue weighted by Gasteiger charge is -2.19. The van der Waals surface area contributed by atoms with Gasteiger partial charge in [-0.25, -0.2) is 9.18 Å². The number of halogens is 1. The number of benzene rings is 1. The molecule has 1 aromatic rings. The first-order valence-corrected chi connectivity index (χ1v) is 8.16. The van der Waals surface area contributed by atoms with Crippen LogP contribution in [0.3, 0.4) is 0 Å².